The van der Waals surface area contributed by atoms with E-state index in [-0.39, 0.29) is 5.44 Å². The highest BCUT2D eigenvalue weighted by molar-refractivity contribution is 8.03. The van der Waals surface area contributed by atoms with Gasteiger partial charge in [0.25, 0.3) is 0 Å². The zero-order valence-electron chi connectivity index (χ0n) is 20.4. The van der Waals surface area contributed by atoms with Gasteiger partial charge in [0, 0.05) is 23.1 Å². The maximum atomic E-state index is 10.1. The Kier molecular flexibility index (Phi) is 9.01. The van der Waals surface area contributed by atoms with Crippen LogP contribution < -0.4 is 10.5 Å². The lowest BCUT2D eigenvalue weighted by Crippen LogP contribution is -2.19. The van der Waals surface area contributed by atoms with Crippen molar-refractivity contribution in [1.29, 1.82) is 5.26 Å². The van der Waals surface area contributed by atoms with Gasteiger partial charge in [0.1, 0.15) is 24.0 Å². The molecule has 1 atom stereocenters. The van der Waals surface area contributed by atoms with Crippen LogP contribution in [0.3, 0.4) is 0 Å². The standard InChI is InChI=1S/C25H28N2O2S.CH5N.CH2O/c1-3-28-19-8-9-20-21(14-26)24(27(22(20)13-19)18-5-4-6-18)17-7-10-23(30-15-17)29-16-25(2)11-12-25;2*1-2/h7-10,13,15,18,23H,3-6,11-12,16H2,1-2H3;2H2,1H3;1H2. The van der Waals surface area contributed by atoms with Crippen molar-refractivity contribution in [3.8, 4) is 11.8 Å². The summed E-state index contributed by atoms with van der Waals surface area (Å²) in [4.78, 5) is 8.00. The van der Waals surface area contributed by atoms with Gasteiger partial charge in [0.2, 0.25) is 0 Å². The minimum absolute atomic E-state index is 0.0581. The van der Waals surface area contributed by atoms with Gasteiger partial charge in [-0.05, 0) is 75.1 Å². The Morgan fingerprint density at radius 3 is 2.56 bits per heavy atom. The van der Waals surface area contributed by atoms with Crippen molar-refractivity contribution in [2.24, 2.45) is 11.1 Å². The van der Waals surface area contributed by atoms with Crippen LogP contribution in [0, 0.1) is 16.7 Å². The number of allylic oxidation sites excluding steroid dienone is 2. The molecule has 1 aliphatic heterocycles. The zero-order chi connectivity index (χ0) is 24.7. The number of benzene rings is 1. The third-order valence-corrected chi connectivity index (χ3v) is 7.53. The fraction of sp³-hybridized carbons (Fsp3) is 0.481. The molecular weight excluding hydrogens is 446 g/mol. The number of thioether (sulfide) groups is 1. The van der Waals surface area contributed by atoms with E-state index in [1.807, 2.05) is 25.8 Å². The summed E-state index contributed by atoms with van der Waals surface area (Å²) >= 11 is 1.70. The number of nitriles is 1. The van der Waals surface area contributed by atoms with Gasteiger partial charge in [0.05, 0.1) is 30.0 Å². The molecule has 5 rings (SSSR count). The van der Waals surface area contributed by atoms with Crippen LogP contribution in [0.2, 0.25) is 0 Å². The Labute approximate surface area is 206 Å². The summed E-state index contributed by atoms with van der Waals surface area (Å²) in [6, 6.07) is 9.07. The Morgan fingerprint density at radius 1 is 1.29 bits per heavy atom. The summed E-state index contributed by atoms with van der Waals surface area (Å²) in [6.07, 6.45) is 10.4. The summed E-state index contributed by atoms with van der Waals surface area (Å²) in [5, 5.41) is 13.3. The molecule has 2 fully saturated rings. The largest absolute Gasteiger partial charge is 0.494 e. The van der Waals surface area contributed by atoms with Crippen molar-refractivity contribution in [2.75, 3.05) is 20.3 Å². The maximum Gasteiger partial charge on any atom is 0.125 e. The fourth-order valence-electron chi connectivity index (χ4n) is 4.25. The number of nitrogens with zero attached hydrogens (tertiary/aromatic N) is 2. The molecule has 0 saturated heterocycles. The van der Waals surface area contributed by atoms with Gasteiger partial charge in [-0.15, -0.1) is 0 Å². The van der Waals surface area contributed by atoms with Crippen molar-refractivity contribution in [2.45, 2.75) is 57.4 Å². The highest BCUT2D eigenvalue weighted by atomic mass is 32.2. The third kappa shape index (κ3) is 5.41. The number of aromatic nitrogens is 1. The van der Waals surface area contributed by atoms with Crippen LogP contribution in [-0.4, -0.2) is 37.1 Å². The van der Waals surface area contributed by atoms with Gasteiger partial charge in [-0.25, -0.2) is 0 Å². The number of nitrogens with two attached hydrogens (primary N) is 1. The monoisotopic (exact) mass is 481 g/mol. The van der Waals surface area contributed by atoms with E-state index in [2.05, 4.69) is 46.9 Å². The quantitative estimate of drug-likeness (QED) is 0.536. The van der Waals surface area contributed by atoms with Crippen LogP contribution >= 0.6 is 11.8 Å². The first-order valence-electron chi connectivity index (χ1n) is 11.8. The fourth-order valence-corrected chi connectivity index (χ4v) is 5.03. The van der Waals surface area contributed by atoms with Gasteiger partial charge in [-0.1, -0.05) is 24.8 Å². The molecular formula is C27H35N3O3S. The van der Waals surface area contributed by atoms with Crippen molar-refractivity contribution < 1.29 is 14.3 Å². The van der Waals surface area contributed by atoms with Crippen LogP contribution in [-0.2, 0) is 9.53 Å². The summed E-state index contributed by atoms with van der Waals surface area (Å²) < 4.78 is 14.3. The van der Waals surface area contributed by atoms with E-state index in [1.165, 1.54) is 26.3 Å². The molecule has 7 heteroatoms. The molecule has 3 aliphatic rings. The number of carbonyl (C=O) groups is 1. The van der Waals surface area contributed by atoms with Gasteiger partial charge < -0.3 is 24.6 Å². The lowest BCUT2D eigenvalue weighted by atomic mass is 9.92. The average Bonchev–Trinajstić information content (AvgIpc) is 3.51. The molecule has 182 valence electrons. The number of hydrogen-bond acceptors (Lipinski definition) is 6. The van der Waals surface area contributed by atoms with E-state index < -0.39 is 0 Å². The second-order valence-electron chi connectivity index (χ2n) is 8.96. The Hall–Kier alpha value is -2.53. The van der Waals surface area contributed by atoms with E-state index in [0.717, 1.165) is 52.9 Å². The smallest absolute Gasteiger partial charge is 0.125 e. The molecule has 2 heterocycles. The van der Waals surface area contributed by atoms with Crippen molar-refractivity contribution >= 4 is 35.0 Å². The summed E-state index contributed by atoms with van der Waals surface area (Å²) in [6.45, 7) is 7.75. The van der Waals surface area contributed by atoms with Gasteiger partial charge in [0.15, 0.2) is 0 Å². The normalized spacial score (nSPS) is 20.1. The minimum atomic E-state index is 0.0581. The lowest BCUT2D eigenvalue weighted by molar-refractivity contribution is -0.0979. The van der Waals surface area contributed by atoms with Crippen LogP contribution in [0.15, 0.2) is 35.8 Å². The first-order valence-corrected chi connectivity index (χ1v) is 12.8. The molecule has 0 amide bonds. The molecule has 2 aliphatic carbocycles. The molecule has 2 aromatic rings. The van der Waals surface area contributed by atoms with Crippen LogP contribution in [0.1, 0.15) is 63.3 Å². The molecule has 0 spiro atoms. The molecule has 1 aromatic heterocycles. The number of rotatable bonds is 7. The van der Waals surface area contributed by atoms with E-state index in [1.54, 1.807) is 11.8 Å². The number of fused-ring (bicyclic) bond motifs is 1. The second kappa shape index (κ2) is 11.7. The Morgan fingerprint density at radius 2 is 2.03 bits per heavy atom. The second-order valence-corrected chi connectivity index (χ2v) is 9.93. The van der Waals surface area contributed by atoms with E-state index in [9.17, 15) is 5.26 Å². The van der Waals surface area contributed by atoms with Crippen molar-refractivity contribution in [1.82, 2.24) is 4.57 Å². The first kappa shape index (κ1) is 26.1. The Balaban J connectivity index is 0.000000771. The first-order chi connectivity index (χ1) is 16.6. The number of ether oxygens (including phenoxy) is 2. The predicted octanol–water partition coefficient (Wildman–Crippen LogP) is 5.81. The molecule has 1 aromatic carbocycles. The molecule has 34 heavy (non-hydrogen) atoms. The van der Waals surface area contributed by atoms with Gasteiger partial charge >= 0.3 is 0 Å². The zero-order valence-corrected chi connectivity index (χ0v) is 21.2. The number of hydrogen-bond donors (Lipinski definition) is 1. The third-order valence-electron chi connectivity index (χ3n) is 6.57. The maximum absolute atomic E-state index is 10.1. The van der Waals surface area contributed by atoms with Crippen molar-refractivity contribution in [3.63, 3.8) is 0 Å². The van der Waals surface area contributed by atoms with E-state index in [4.69, 9.17) is 14.3 Å². The Bertz CT molecular complexity index is 1090. The average molecular weight is 482 g/mol. The summed E-state index contributed by atoms with van der Waals surface area (Å²) in [5.74, 6) is 0.865. The minimum Gasteiger partial charge on any atom is -0.494 e. The summed E-state index contributed by atoms with van der Waals surface area (Å²) in [7, 11) is 1.50. The van der Waals surface area contributed by atoms with Crippen LogP contribution in [0.4, 0.5) is 0 Å². The van der Waals surface area contributed by atoms with Crippen LogP contribution in [0.25, 0.3) is 16.5 Å². The number of carbonyl (C=O) groups excluding carboxylic acids is 1. The molecule has 2 N–H and O–H groups in total. The molecule has 0 bridgehead atoms. The van der Waals surface area contributed by atoms with E-state index in [0.29, 0.717) is 18.1 Å². The predicted molar refractivity (Wildman–Crippen MR) is 140 cm³/mol. The highest BCUT2D eigenvalue weighted by Crippen LogP contribution is 2.46. The molecule has 1 unspecified atom stereocenters. The molecule has 0 radical (unpaired) electrons. The van der Waals surface area contributed by atoms with Gasteiger partial charge in [-0.3, -0.25) is 0 Å². The molecule has 2 saturated carbocycles. The van der Waals surface area contributed by atoms with Crippen molar-refractivity contribution in [3.05, 3.63) is 47.0 Å². The topological polar surface area (TPSA) is 90.3 Å². The summed E-state index contributed by atoms with van der Waals surface area (Å²) in [5.41, 5.74) is 8.97. The lowest BCUT2D eigenvalue weighted by Gasteiger charge is -2.31. The van der Waals surface area contributed by atoms with Gasteiger partial charge in [-0.2, -0.15) is 5.26 Å². The van der Waals surface area contributed by atoms with Crippen LogP contribution in [0.5, 0.6) is 5.75 Å². The molecule has 6 nitrogen and oxygen atoms in total. The SMILES string of the molecule is C=O.CCOc1ccc2c(C#N)c(C3=CSC(OCC4(C)CC4)C=C3)n(C3CCC3)c2c1.CN. The highest BCUT2D eigenvalue weighted by Gasteiger charge is 2.38. The van der Waals surface area contributed by atoms with E-state index >= 15 is 0 Å².